The third-order valence-electron chi connectivity index (χ3n) is 3.63. The number of carbonyl (C=O) groups excluding carboxylic acids is 2. The van der Waals surface area contributed by atoms with E-state index in [0.29, 0.717) is 13.0 Å². The van der Waals surface area contributed by atoms with E-state index in [2.05, 4.69) is 16.0 Å². The zero-order valence-electron chi connectivity index (χ0n) is 12.4. The van der Waals surface area contributed by atoms with Crippen LogP contribution >= 0.6 is 0 Å². The lowest BCUT2D eigenvalue weighted by molar-refractivity contribution is -0.122. The molecule has 1 aliphatic rings. The van der Waals surface area contributed by atoms with E-state index in [1.165, 1.54) is 6.07 Å². The lowest BCUT2D eigenvalue weighted by Gasteiger charge is -2.17. The van der Waals surface area contributed by atoms with E-state index in [9.17, 15) is 23.5 Å². The molecule has 23 heavy (non-hydrogen) atoms. The van der Waals surface area contributed by atoms with Crippen molar-refractivity contribution in [2.45, 2.75) is 31.4 Å². The van der Waals surface area contributed by atoms with Crippen LogP contribution in [0.15, 0.2) is 18.2 Å². The molecule has 0 radical (unpaired) electrons. The van der Waals surface area contributed by atoms with Gasteiger partial charge < -0.3 is 21.1 Å². The highest BCUT2D eigenvalue weighted by Crippen LogP contribution is 2.15. The number of hydrogen-bond donors (Lipinski definition) is 4. The molecule has 0 bridgehead atoms. The average molecular weight is 327 g/mol. The van der Waals surface area contributed by atoms with Gasteiger partial charge in [0.2, 0.25) is 5.91 Å². The number of carbonyl (C=O) groups is 2. The Morgan fingerprint density at radius 1 is 1.35 bits per heavy atom. The SMILES string of the molecule is O=C(NC[C@H](O)c1ccc(F)c(F)c1)N[C@H]1CCCCNC1=O. The summed E-state index contributed by atoms with van der Waals surface area (Å²) in [6.07, 6.45) is 1.05. The fourth-order valence-corrected chi connectivity index (χ4v) is 2.31. The van der Waals surface area contributed by atoms with Gasteiger partial charge in [-0.25, -0.2) is 13.6 Å². The molecule has 2 atom stereocenters. The maximum Gasteiger partial charge on any atom is 0.315 e. The van der Waals surface area contributed by atoms with E-state index < -0.39 is 29.8 Å². The van der Waals surface area contributed by atoms with Crippen LogP contribution in [0.3, 0.4) is 0 Å². The molecule has 0 aromatic heterocycles. The fraction of sp³-hybridized carbons (Fsp3) is 0.467. The number of amides is 3. The summed E-state index contributed by atoms with van der Waals surface area (Å²) in [6.45, 7) is 0.402. The molecule has 1 aromatic rings. The second-order valence-corrected chi connectivity index (χ2v) is 5.38. The van der Waals surface area contributed by atoms with E-state index in [1.54, 1.807) is 0 Å². The summed E-state index contributed by atoms with van der Waals surface area (Å²) in [6, 6.07) is 1.80. The summed E-state index contributed by atoms with van der Waals surface area (Å²) in [5, 5.41) is 17.5. The molecule has 8 heteroatoms. The number of aliphatic hydroxyl groups is 1. The molecule has 6 nitrogen and oxygen atoms in total. The number of urea groups is 1. The molecule has 1 aliphatic heterocycles. The summed E-state index contributed by atoms with van der Waals surface area (Å²) < 4.78 is 25.9. The van der Waals surface area contributed by atoms with Crippen LogP contribution < -0.4 is 16.0 Å². The van der Waals surface area contributed by atoms with E-state index >= 15 is 0 Å². The van der Waals surface area contributed by atoms with Crippen LogP contribution in [0, 0.1) is 11.6 Å². The van der Waals surface area contributed by atoms with Crippen molar-refractivity contribution in [1.29, 1.82) is 0 Å². The van der Waals surface area contributed by atoms with Gasteiger partial charge in [-0.15, -0.1) is 0 Å². The molecule has 1 fully saturated rings. The maximum atomic E-state index is 13.1. The molecule has 2 rings (SSSR count). The average Bonchev–Trinajstić information content (AvgIpc) is 2.72. The van der Waals surface area contributed by atoms with Crippen LogP contribution in [0.1, 0.15) is 30.9 Å². The second-order valence-electron chi connectivity index (χ2n) is 5.38. The van der Waals surface area contributed by atoms with Gasteiger partial charge in [0.1, 0.15) is 6.04 Å². The Morgan fingerprint density at radius 2 is 2.13 bits per heavy atom. The predicted molar refractivity (Wildman–Crippen MR) is 78.5 cm³/mol. The van der Waals surface area contributed by atoms with E-state index in [4.69, 9.17) is 0 Å². The molecule has 0 unspecified atom stereocenters. The molecular weight excluding hydrogens is 308 g/mol. The molecule has 1 saturated heterocycles. The van der Waals surface area contributed by atoms with Gasteiger partial charge in [0, 0.05) is 13.1 Å². The second kappa shape index (κ2) is 7.87. The standard InChI is InChI=1S/C15H19F2N3O3/c16-10-5-4-9(7-11(10)17)13(21)8-19-15(23)20-12-3-1-2-6-18-14(12)22/h4-5,7,12-13,21H,1-3,6,8H2,(H,18,22)(H2,19,20,23)/t12-,13-/m0/s1. The number of aliphatic hydroxyl groups excluding tert-OH is 1. The Morgan fingerprint density at radius 3 is 2.87 bits per heavy atom. The van der Waals surface area contributed by atoms with Crippen LogP contribution in [0.5, 0.6) is 0 Å². The molecule has 126 valence electrons. The number of hydrogen-bond acceptors (Lipinski definition) is 3. The molecule has 0 spiro atoms. The van der Waals surface area contributed by atoms with Crippen LogP contribution in [0.25, 0.3) is 0 Å². The van der Waals surface area contributed by atoms with Crippen molar-refractivity contribution in [3.63, 3.8) is 0 Å². The Labute approximate surface area is 132 Å². The van der Waals surface area contributed by atoms with Gasteiger partial charge in [0.15, 0.2) is 11.6 Å². The molecule has 3 amide bonds. The topological polar surface area (TPSA) is 90.5 Å². The van der Waals surface area contributed by atoms with Crippen LogP contribution in [0.4, 0.5) is 13.6 Å². The molecule has 0 aliphatic carbocycles. The van der Waals surface area contributed by atoms with Crippen molar-refractivity contribution in [3.8, 4) is 0 Å². The lowest BCUT2D eigenvalue weighted by atomic mass is 10.1. The molecule has 0 saturated carbocycles. The molecular formula is C15H19F2N3O3. The van der Waals surface area contributed by atoms with Crippen LogP contribution in [-0.2, 0) is 4.79 Å². The van der Waals surface area contributed by atoms with Crippen molar-refractivity contribution in [2.75, 3.05) is 13.1 Å². The Kier molecular flexibility index (Phi) is 5.86. The zero-order chi connectivity index (χ0) is 16.8. The Bertz CT molecular complexity index is 583. The van der Waals surface area contributed by atoms with Gasteiger partial charge >= 0.3 is 6.03 Å². The largest absolute Gasteiger partial charge is 0.387 e. The summed E-state index contributed by atoms with van der Waals surface area (Å²) in [4.78, 5) is 23.5. The smallest absolute Gasteiger partial charge is 0.315 e. The highest BCUT2D eigenvalue weighted by atomic mass is 19.2. The highest BCUT2D eigenvalue weighted by Gasteiger charge is 2.22. The lowest BCUT2D eigenvalue weighted by Crippen LogP contribution is -2.49. The van der Waals surface area contributed by atoms with Gasteiger partial charge in [-0.2, -0.15) is 0 Å². The quantitative estimate of drug-likeness (QED) is 0.664. The zero-order valence-corrected chi connectivity index (χ0v) is 12.4. The fourth-order valence-electron chi connectivity index (χ4n) is 2.31. The molecule has 1 heterocycles. The highest BCUT2D eigenvalue weighted by molar-refractivity contribution is 5.87. The normalized spacial score (nSPS) is 19.4. The molecule has 4 N–H and O–H groups in total. The Hall–Kier alpha value is -2.22. The third kappa shape index (κ3) is 4.88. The number of nitrogens with one attached hydrogen (secondary N) is 3. The summed E-state index contributed by atoms with van der Waals surface area (Å²) in [7, 11) is 0. The van der Waals surface area contributed by atoms with Gasteiger partial charge in [-0.3, -0.25) is 4.79 Å². The number of halogens is 2. The van der Waals surface area contributed by atoms with Crippen molar-refractivity contribution in [3.05, 3.63) is 35.4 Å². The first-order valence-electron chi connectivity index (χ1n) is 7.42. The van der Waals surface area contributed by atoms with Gasteiger partial charge in [-0.1, -0.05) is 6.07 Å². The van der Waals surface area contributed by atoms with E-state index in [1.807, 2.05) is 0 Å². The molecule has 1 aromatic carbocycles. The van der Waals surface area contributed by atoms with Crippen molar-refractivity contribution in [2.24, 2.45) is 0 Å². The van der Waals surface area contributed by atoms with Gasteiger partial charge in [0.05, 0.1) is 6.10 Å². The summed E-state index contributed by atoms with van der Waals surface area (Å²) >= 11 is 0. The van der Waals surface area contributed by atoms with E-state index in [0.717, 1.165) is 25.0 Å². The third-order valence-corrected chi connectivity index (χ3v) is 3.63. The minimum atomic E-state index is -1.18. The first-order chi connectivity index (χ1) is 11.0. The monoisotopic (exact) mass is 327 g/mol. The minimum Gasteiger partial charge on any atom is -0.387 e. The number of rotatable bonds is 4. The van der Waals surface area contributed by atoms with Gasteiger partial charge in [0.25, 0.3) is 0 Å². The van der Waals surface area contributed by atoms with Gasteiger partial charge in [-0.05, 0) is 37.0 Å². The summed E-state index contributed by atoms with van der Waals surface area (Å²) in [5.74, 6) is -2.31. The van der Waals surface area contributed by atoms with Crippen molar-refractivity contribution < 1.29 is 23.5 Å². The number of benzene rings is 1. The predicted octanol–water partition coefficient (Wildman–Crippen LogP) is 0.966. The maximum absolute atomic E-state index is 13.1. The Balaban J connectivity index is 1.83. The minimum absolute atomic E-state index is 0.149. The van der Waals surface area contributed by atoms with E-state index in [-0.39, 0.29) is 18.0 Å². The van der Waals surface area contributed by atoms with Crippen molar-refractivity contribution in [1.82, 2.24) is 16.0 Å². The van der Waals surface area contributed by atoms with Crippen LogP contribution in [-0.4, -0.2) is 36.2 Å². The first kappa shape index (κ1) is 17.1. The first-order valence-corrected chi connectivity index (χ1v) is 7.42. The summed E-state index contributed by atoms with van der Waals surface area (Å²) in [5.41, 5.74) is 0.149. The van der Waals surface area contributed by atoms with Crippen molar-refractivity contribution >= 4 is 11.9 Å². The van der Waals surface area contributed by atoms with Crippen LogP contribution in [0.2, 0.25) is 0 Å².